The summed E-state index contributed by atoms with van der Waals surface area (Å²) < 4.78 is 0. The zero-order valence-electron chi connectivity index (χ0n) is 11.9. The van der Waals surface area contributed by atoms with E-state index >= 15 is 0 Å². The van der Waals surface area contributed by atoms with Crippen LogP contribution in [0.15, 0.2) is 61.2 Å². The highest BCUT2D eigenvalue weighted by Crippen LogP contribution is 2.23. The van der Waals surface area contributed by atoms with E-state index in [9.17, 15) is 4.79 Å². The van der Waals surface area contributed by atoms with Crippen molar-refractivity contribution in [2.24, 2.45) is 0 Å². The number of hydrogen-bond acceptors (Lipinski definition) is 2. The number of rotatable bonds is 6. The van der Waals surface area contributed by atoms with Crippen molar-refractivity contribution in [1.82, 2.24) is 5.32 Å². The molecule has 1 atom stereocenters. The molecule has 2 rings (SSSR count). The summed E-state index contributed by atoms with van der Waals surface area (Å²) in [6, 6.07) is 13.9. The van der Waals surface area contributed by atoms with E-state index in [4.69, 9.17) is 23.2 Å². The molecule has 0 aliphatic rings. The average Bonchev–Trinajstić information content (AvgIpc) is 2.47. The first-order valence-corrected chi connectivity index (χ1v) is 7.52. The lowest BCUT2D eigenvalue weighted by molar-refractivity contribution is -0.118. The minimum absolute atomic E-state index is 0.189. The van der Waals surface area contributed by atoms with Gasteiger partial charge in [-0.15, -0.1) is 6.58 Å². The summed E-state index contributed by atoms with van der Waals surface area (Å²) in [5, 5.41) is 6.91. The fraction of sp³-hybridized carbons (Fsp3) is 0.118. The lowest BCUT2D eigenvalue weighted by atomic mass is 10.1. The molecule has 0 bridgehead atoms. The van der Waals surface area contributed by atoms with Crippen LogP contribution in [0.2, 0.25) is 10.0 Å². The third kappa shape index (κ3) is 4.60. The number of halogens is 2. The fourth-order valence-electron chi connectivity index (χ4n) is 2.05. The van der Waals surface area contributed by atoms with Gasteiger partial charge in [0.05, 0.1) is 0 Å². The average molecular weight is 335 g/mol. The maximum Gasteiger partial charge on any atom is 0.246 e. The third-order valence-corrected chi connectivity index (χ3v) is 3.43. The van der Waals surface area contributed by atoms with Crippen molar-refractivity contribution in [3.63, 3.8) is 0 Å². The van der Waals surface area contributed by atoms with Gasteiger partial charge in [-0.3, -0.25) is 10.1 Å². The van der Waals surface area contributed by atoms with E-state index < -0.39 is 6.04 Å². The van der Waals surface area contributed by atoms with Crippen LogP contribution < -0.4 is 10.6 Å². The second kappa shape index (κ2) is 7.99. The maximum absolute atomic E-state index is 12.5. The summed E-state index contributed by atoms with van der Waals surface area (Å²) in [6.07, 6.45) is 1.71. The quantitative estimate of drug-likeness (QED) is 0.766. The summed E-state index contributed by atoms with van der Waals surface area (Å²) in [5.41, 5.74) is 1.43. The van der Waals surface area contributed by atoms with Crippen molar-refractivity contribution in [2.45, 2.75) is 6.04 Å². The van der Waals surface area contributed by atoms with Crippen molar-refractivity contribution in [3.05, 3.63) is 76.8 Å². The topological polar surface area (TPSA) is 41.1 Å². The minimum atomic E-state index is -0.489. The number of carbonyl (C=O) groups excluding carboxylic acids is 1. The van der Waals surface area contributed by atoms with E-state index in [0.717, 1.165) is 5.56 Å². The molecule has 1 unspecified atom stereocenters. The molecule has 22 heavy (non-hydrogen) atoms. The Morgan fingerprint density at radius 2 is 1.77 bits per heavy atom. The molecule has 0 aliphatic heterocycles. The Morgan fingerprint density at radius 3 is 2.36 bits per heavy atom. The summed E-state index contributed by atoms with van der Waals surface area (Å²) in [6.45, 7) is 4.18. The molecule has 2 aromatic rings. The van der Waals surface area contributed by atoms with E-state index in [2.05, 4.69) is 17.2 Å². The summed E-state index contributed by atoms with van der Waals surface area (Å²) >= 11 is 11.9. The number of anilines is 1. The number of amides is 1. The van der Waals surface area contributed by atoms with Gasteiger partial charge in [0.25, 0.3) is 0 Å². The zero-order chi connectivity index (χ0) is 15.9. The molecule has 0 radical (unpaired) electrons. The summed E-state index contributed by atoms with van der Waals surface area (Å²) in [4.78, 5) is 12.5. The van der Waals surface area contributed by atoms with Crippen molar-refractivity contribution < 1.29 is 4.79 Å². The summed E-state index contributed by atoms with van der Waals surface area (Å²) in [7, 11) is 0. The van der Waals surface area contributed by atoms with Gasteiger partial charge in [0.15, 0.2) is 0 Å². The number of benzene rings is 2. The summed E-state index contributed by atoms with van der Waals surface area (Å²) in [5.74, 6) is -0.189. The SMILES string of the molecule is C=CCNC(C(=O)Nc1cc(Cl)cc(Cl)c1)c1ccccc1. The Balaban J connectivity index is 2.20. The zero-order valence-corrected chi connectivity index (χ0v) is 13.4. The van der Waals surface area contributed by atoms with Gasteiger partial charge in [0.1, 0.15) is 6.04 Å². The van der Waals surface area contributed by atoms with Crippen LogP contribution in [-0.4, -0.2) is 12.5 Å². The number of carbonyl (C=O) groups is 1. The number of hydrogen-bond donors (Lipinski definition) is 2. The molecule has 0 saturated heterocycles. The standard InChI is InChI=1S/C17H16Cl2N2O/c1-2-8-20-16(12-6-4-3-5-7-12)17(22)21-15-10-13(18)9-14(19)11-15/h2-7,9-11,16,20H,1,8H2,(H,21,22). The predicted molar refractivity (Wildman–Crippen MR) is 92.5 cm³/mol. The van der Waals surface area contributed by atoms with Gasteiger partial charge in [-0.1, -0.05) is 59.6 Å². The molecule has 0 fully saturated rings. The molecule has 2 N–H and O–H groups in total. The molecule has 2 aromatic carbocycles. The number of nitrogens with one attached hydrogen (secondary N) is 2. The van der Waals surface area contributed by atoms with E-state index in [0.29, 0.717) is 22.3 Å². The minimum Gasteiger partial charge on any atom is -0.324 e. The molecule has 5 heteroatoms. The van der Waals surface area contributed by atoms with Crippen molar-refractivity contribution in [3.8, 4) is 0 Å². The van der Waals surface area contributed by atoms with E-state index in [1.165, 1.54) is 0 Å². The lowest BCUT2D eigenvalue weighted by Gasteiger charge is -2.18. The van der Waals surface area contributed by atoms with Crippen molar-refractivity contribution in [1.29, 1.82) is 0 Å². The molecule has 0 spiro atoms. The molecular formula is C17H16Cl2N2O. The highest BCUT2D eigenvalue weighted by atomic mass is 35.5. The maximum atomic E-state index is 12.5. The van der Waals surface area contributed by atoms with E-state index in [1.807, 2.05) is 30.3 Å². The first-order chi connectivity index (χ1) is 10.6. The van der Waals surface area contributed by atoms with Crippen LogP contribution in [0, 0.1) is 0 Å². The Labute approximate surface area is 139 Å². The second-order valence-corrected chi connectivity index (χ2v) is 5.56. The van der Waals surface area contributed by atoms with E-state index in [-0.39, 0.29) is 5.91 Å². The van der Waals surface area contributed by atoms with Gasteiger partial charge in [-0.2, -0.15) is 0 Å². The van der Waals surface area contributed by atoms with Gasteiger partial charge in [-0.25, -0.2) is 0 Å². The predicted octanol–water partition coefficient (Wildman–Crippen LogP) is 4.45. The second-order valence-electron chi connectivity index (χ2n) is 4.69. The largest absolute Gasteiger partial charge is 0.324 e. The van der Waals surface area contributed by atoms with Crippen LogP contribution in [0.25, 0.3) is 0 Å². The third-order valence-electron chi connectivity index (χ3n) is 2.99. The van der Waals surface area contributed by atoms with Crippen molar-refractivity contribution in [2.75, 3.05) is 11.9 Å². The molecule has 1 amide bonds. The first kappa shape index (κ1) is 16.6. The van der Waals surface area contributed by atoms with Crippen LogP contribution in [0.1, 0.15) is 11.6 Å². The molecular weight excluding hydrogens is 319 g/mol. The van der Waals surface area contributed by atoms with Gasteiger partial charge >= 0.3 is 0 Å². The van der Waals surface area contributed by atoms with Crippen LogP contribution >= 0.6 is 23.2 Å². The Hall–Kier alpha value is -1.81. The Kier molecular flexibility index (Phi) is 6.01. The Bertz CT molecular complexity index is 639. The molecule has 0 saturated carbocycles. The van der Waals surface area contributed by atoms with Crippen LogP contribution in [0.4, 0.5) is 5.69 Å². The van der Waals surface area contributed by atoms with Gasteiger partial charge in [0, 0.05) is 22.3 Å². The normalized spacial score (nSPS) is 11.7. The van der Waals surface area contributed by atoms with Gasteiger partial charge in [0.2, 0.25) is 5.91 Å². The van der Waals surface area contributed by atoms with Crippen LogP contribution in [-0.2, 0) is 4.79 Å². The highest BCUT2D eigenvalue weighted by molar-refractivity contribution is 6.35. The molecule has 3 nitrogen and oxygen atoms in total. The van der Waals surface area contributed by atoms with Crippen LogP contribution in [0.3, 0.4) is 0 Å². The fourth-order valence-corrected chi connectivity index (χ4v) is 2.58. The molecule has 0 aromatic heterocycles. The molecule has 0 aliphatic carbocycles. The Morgan fingerprint density at radius 1 is 1.14 bits per heavy atom. The molecule has 0 heterocycles. The van der Waals surface area contributed by atoms with Gasteiger partial charge in [-0.05, 0) is 23.8 Å². The van der Waals surface area contributed by atoms with Gasteiger partial charge < -0.3 is 5.32 Å². The first-order valence-electron chi connectivity index (χ1n) is 6.76. The van der Waals surface area contributed by atoms with Crippen molar-refractivity contribution >= 4 is 34.8 Å². The van der Waals surface area contributed by atoms with E-state index in [1.54, 1.807) is 24.3 Å². The monoisotopic (exact) mass is 334 g/mol. The lowest BCUT2D eigenvalue weighted by Crippen LogP contribution is -2.33. The molecule has 114 valence electrons. The smallest absolute Gasteiger partial charge is 0.246 e. The highest BCUT2D eigenvalue weighted by Gasteiger charge is 2.19. The van der Waals surface area contributed by atoms with Crippen LogP contribution in [0.5, 0.6) is 0 Å².